The van der Waals surface area contributed by atoms with Gasteiger partial charge in [0.25, 0.3) is 11.8 Å². The minimum absolute atomic E-state index is 0.0122. The van der Waals surface area contributed by atoms with Gasteiger partial charge in [-0.25, -0.2) is 4.68 Å². The third kappa shape index (κ3) is 2.82. The fourth-order valence-corrected chi connectivity index (χ4v) is 2.71. The van der Waals surface area contributed by atoms with Crippen molar-refractivity contribution >= 4 is 35.0 Å². The zero-order chi connectivity index (χ0) is 16.6. The van der Waals surface area contributed by atoms with Crippen molar-refractivity contribution in [2.24, 2.45) is 0 Å². The number of benzene rings is 1. The van der Waals surface area contributed by atoms with Gasteiger partial charge in [0.05, 0.1) is 27.7 Å². The number of halogens is 2. The molecule has 1 aromatic carbocycles. The van der Waals surface area contributed by atoms with Gasteiger partial charge in [-0.2, -0.15) is 0 Å². The summed E-state index contributed by atoms with van der Waals surface area (Å²) < 4.78 is 1.60. The molecule has 1 aliphatic rings. The Labute approximate surface area is 142 Å². The zero-order valence-corrected chi connectivity index (χ0v) is 13.8. The molecule has 2 aromatic rings. The van der Waals surface area contributed by atoms with E-state index in [9.17, 15) is 9.59 Å². The maximum atomic E-state index is 12.4. The Bertz CT molecular complexity index is 748. The summed E-state index contributed by atoms with van der Waals surface area (Å²) in [6.07, 6.45) is 1.90. The number of aryl methyl sites for hydroxylation is 1. The van der Waals surface area contributed by atoms with Crippen molar-refractivity contribution in [3.63, 3.8) is 0 Å². The van der Waals surface area contributed by atoms with Crippen molar-refractivity contribution in [2.45, 2.75) is 32.9 Å². The quantitative estimate of drug-likeness (QED) is 0.771. The molecule has 3 rings (SSSR count). The van der Waals surface area contributed by atoms with Gasteiger partial charge < -0.3 is 0 Å². The van der Waals surface area contributed by atoms with Crippen molar-refractivity contribution in [1.82, 2.24) is 25.1 Å². The summed E-state index contributed by atoms with van der Waals surface area (Å²) in [5, 5.41) is 11.9. The predicted molar refractivity (Wildman–Crippen MR) is 83.4 cm³/mol. The Hall–Kier alpha value is -1.99. The average molecular weight is 354 g/mol. The fraction of sp³-hybridized carbons (Fsp3) is 0.357. The molecule has 0 aliphatic carbocycles. The Morgan fingerprint density at radius 1 is 1.09 bits per heavy atom. The molecule has 120 valence electrons. The lowest BCUT2D eigenvalue weighted by Crippen LogP contribution is -2.30. The highest BCUT2D eigenvalue weighted by molar-refractivity contribution is 6.43. The van der Waals surface area contributed by atoms with Crippen LogP contribution in [0.2, 0.25) is 10.0 Å². The van der Waals surface area contributed by atoms with Crippen LogP contribution in [0.25, 0.3) is 0 Å². The zero-order valence-electron chi connectivity index (χ0n) is 12.3. The number of amides is 2. The van der Waals surface area contributed by atoms with Crippen molar-refractivity contribution < 1.29 is 9.59 Å². The van der Waals surface area contributed by atoms with Crippen molar-refractivity contribution in [1.29, 1.82) is 0 Å². The molecule has 2 amide bonds. The Balaban J connectivity index is 1.87. The van der Waals surface area contributed by atoms with Gasteiger partial charge in [0.1, 0.15) is 0 Å². The molecule has 0 N–H and O–H groups in total. The Morgan fingerprint density at radius 3 is 2.26 bits per heavy atom. The molecule has 1 aromatic heterocycles. The van der Waals surface area contributed by atoms with Crippen molar-refractivity contribution in [3.05, 3.63) is 39.1 Å². The smallest absolute Gasteiger partial charge is 0.262 e. The molecule has 0 fully saturated rings. The lowest BCUT2D eigenvalue weighted by molar-refractivity contribution is 0.0636. The summed E-state index contributed by atoms with van der Waals surface area (Å²) in [6.45, 7) is 2.71. The number of unbranched alkanes of at least 4 members (excludes halogenated alkanes) is 1. The van der Waals surface area contributed by atoms with E-state index in [1.165, 1.54) is 12.1 Å². The van der Waals surface area contributed by atoms with E-state index < -0.39 is 11.8 Å². The van der Waals surface area contributed by atoms with Crippen LogP contribution in [0.4, 0.5) is 0 Å². The summed E-state index contributed by atoms with van der Waals surface area (Å²) in [5.74, 6) is -0.382. The van der Waals surface area contributed by atoms with Gasteiger partial charge >= 0.3 is 0 Å². The largest absolute Gasteiger partial charge is 0.269 e. The molecule has 0 saturated heterocycles. The normalized spacial score (nSPS) is 13.8. The van der Waals surface area contributed by atoms with Crippen molar-refractivity contribution in [3.8, 4) is 0 Å². The molecular weight excluding hydrogens is 341 g/mol. The highest BCUT2D eigenvalue weighted by Gasteiger charge is 2.37. The number of fused-ring (bicyclic) bond motifs is 1. The van der Waals surface area contributed by atoms with Crippen LogP contribution >= 0.6 is 23.2 Å². The molecule has 1 aliphatic heterocycles. The van der Waals surface area contributed by atoms with E-state index in [0.717, 1.165) is 17.7 Å². The number of carbonyl (C=O) groups excluding carboxylic acids is 2. The van der Waals surface area contributed by atoms with Gasteiger partial charge in [0, 0.05) is 6.54 Å². The topological polar surface area (TPSA) is 81.0 Å². The second kappa shape index (κ2) is 6.25. The number of carbonyl (C=O) groups is 2. The third-order valence-corrected chi connectivity index (χ3v) is 4.36. The third-order valence-electron chi connectivity index (χ3n) is 3.64. The van der Waals surface area contributed by atoms with Crippen LogP contribution < -0.4 is 0 Å². The SMILES string of the molecule is CCCCn1nnnc1CN1C(=O)c2cc(Cl)c(Cl)cc2C1=O. The van der Waals surface area contributed by atoms with E-state index in [-0.39, 0.29) is 27.7 Å². The second-order valence-electron chi connectivity index (χ2n) is 5.18. The van der Waals surface area contributed by atoms with Gasteiger partial charge in [-0.3, -0.25) is 14.5 Å². The summed E-state index contributed by atoms with van der Waals surface area (Å²) in [6, 6.07) is 2.83. The molecule has 9 heteroatoms. The van der Waals surface area contributed by atoms with Crippen LogP contribution in [0, 0.1) is 0 Å². The molecule has 0 radical (unpaired) electrons. The minimum atomic E-state index is -0.423. The lowest BCUT2D eigenvalue weighted by Gasteiger charge is -2.13. The average Bonchev–Trinajstić information content (AvgIpc) is 3.06. The van der Waals surface area contributed by atoms with E-state index in [4.69, 9.17) is 23.2 Å². The first-order chi connectivity index (χ1) is 11.0. The first-order valence-electron chi connectivity index (χ1n) is 7.13. The predicted octanol–water partition coefficient (Wildman–Crippen LogP) is 2.58. The summed E-state index contributed by atoms with van der Waals surface area (Å²) in [4.78, 5) is 26.0. The van der Waals surface area contributed by atoms with Crippen LogP contribution in [-0.4, -0.2) is 36.9 Å². The number of aromatic nitrogens is 4. The van der Waals surface area contributed by atoms with E-state index in [0.29, 0.717) is 12.4 Å². The molecule has 0 bridgehead atoms. The number of imide groups is 1. The standard InChI is InChI=1S/C14H13Cl2N5O2/c1-2-3-4-21-12(17-18-19-21)7-20-13(22)8-5-10(15)11(16)6-9(8)14(20)23/h5-6H,2-4,7H2,1H3. The van der Waals surface area contributed by atoms with Crippen LogP contribution in [-0.2, 0) is 13.1 Å². The summed E-state index contributed by atoms with van der Waals surface area (Å²) in [5.41, 5.74) is 0.494. The second-order valence-corrected chi connectivity index (χ2v) is 5.99. The van der Waals surface area contributed by atoms with E-state index in [1.807, 2.05) is 0 Å². The fourth-order valence-electron chi connectivity index (χ4n) is 2.39. The lowest BCUT2D eigenvalue weighted by atomic mass is 10.1. The highest BCUT2D eigenvalue weighted by atomic mass is 35.5. The summed E-state index contributed by atoms with van der Waals surface area (Å²) in [7, 11) is 0. The molecular formula is C14H13Cl2N5O2. The Morgan fingerprint density at radius 2 is 1.70 bits per heavy atom. The van der Waals surface area contributed by atoms with Crippen molar-refractivity contribution in [2.75, 3.05) is 0 Å². The van der Waals surface area contributed by atoms with Gasteiger partial charge in [-0.15, -0.1) is 5.10 Å². The van der Waals surface area contributed by atoms with Crippen LogP contribution in [0.5, 0.6) is 0 Å². The summed E-state index contributed by atoms with van der Waals surface area (Å²) >= 11 is 11.9. The maximum Gasteiger partial charge on any atom is 0.262 e. The molecule has 7 nitrogen and oxygen atoms in total. The molecule has 0 spiro atoms. The van der Waals surface area contributed by atoms with Crippen LogP contribution in [0.3, 0.4) is 0 Å². The molecule has 0 atom stereocenters. The van der Waals surface area contributed by atoms with Gasteiger partial charge in [0.2, 0.25) is 0 Å². The number of hydrogen-bond acceptors (Lipinski definition) is 5. The van der Waals surface area contributed by atoms with Crippen LogP contribution in [0.15, 0.2) is 12.1 Å². The molecule has 23 heavy (non-hydrogen) atoms. The molecule has 2 heterocycles. The maximum absolute atomic E-state index is 12.4. The molecule has 0 saturated carbocycles. The van der Waals surface area contributed by atoms with E-state index >= 15 is 0 Å². The van der Waals surface area contributed by atoms with Gasteiger partial charge in [-0.1, -0.05) is 36.5 Å². The van der Waals surface area contributed by atoms with E-state index in [2.05, 4.69) is 22.4 Å². The Kier molecular flexibility index (Phi) is 4.32. The monoisotopic (exact) mass is 353 g/mol. The van der Waals surface area contributed by atoms with E-state index in [1.54, 1.807) is 4.68 Å². The van der Waals surface area contributed by atoms with Gasteiger partial charge in [0.15, 0.2) is 5.82 Å². The van der Waals surface area contributed by atoms with Gasteiger partial charge in [-0.05, 0) is 29.0 Å². The number of nitrogens with zero attached hydrogens (tertiary/aromatic N) is 5. The minimum Gasteiger partial charge on any atom is -0.269 e. The first-order valence-corrected chi connectivity index (χ1v) is 7.88. The number of tetrazole rings is 1. The van der Waals surface area contributed by atoms with Crippen LogP contribution in [0.1, 0.15) is 46.3 Å². The number of hydrogen-bond donors (Lipinski definition) is 0. The number of rotatable bonds is 5. The molecule has 0 unspecified atom stereocenters. The first kappa shape index (κ1) is 15.9. The highest BCUT2D eigenvalue weighted by Crippen LogP contribution is 2.32.